The van der Waals surface area contributed by atoms with E-state index in [1.807, 2.05) is 12.1 Å². The molecule has 1 aliphatic heterocycles. The van der Waals surface area contributed by atoms with Gasteiger partial charge in [0.1, 0.15) is 12.0 Å². The molecule has 0 N–H and O–H groups in total. The van der Waals surface area contributed by atoms with Crippen molar-refractivity contribution in [2.75, 3.05) is 26.2 Å². The van der Waals surface area contributed by atoms with Crippen LogP contribution in [0.15, 0.2) is 24.3 Å². The van der Waals surface area contributed by atoms with Crippen LogP contribution in [0.4, 0.5) is 0 Å². The number of ether oxygens (including phenoxy) is 1. The molecule has 0 aliphatic carbocycles. The second-order valence-corrected chi connectivity index (χ2v) is 5.44. The topological polar surface area (TPSA) is 29.5 Å². The molecule has 0 radical (unpaired) electrons. The first-order valence-electron chi connectivity index (χ1n) is 7.18. The van der Waals surface area contributed by atoms with E-state index in [1.165, 1.54) is 25.9 Å². The average molecular weight is 261 g/mol. The zero-order chi connectivity index (χ0) is 13.5. The molecule has 0 unspecified atom stereocenters. The van der Waals surface area contributed by atoms with Gasteiger partial charge in [0.2, 0.25) is 0 Å². The summed E-state index contributed by atoms with van der Waals surface area (Å²) in [5.74, 6) is 1.62. The standard InChI is InChI=1S/C16H23NO2/c1-14-5-3-8-17(12-14)9-4-10-19-16-7-2-6-15(11-16)13-18/h2,6-7,11,13-14H,3-5,8-10,12H2,1H3/t14-/m1/s1. The van der Waals surface area contributed by atoms with Crippen molar-refractivity contribution in [3.05, 3.63) is 29.8 Å². The molecule has 19 heavy (non-hydrogen) atoms. The molecule has 0 saturated carbocycles. The molecule has 1 aromatic rings. The van der Waals surface area contributed by atoms with Crippen molar-refractivity contribution < 1.29 is 9.53 Å². The normalized spacial score (nSPS) is 20.2. The molecule has 1 atom stereocenters. The van der Waals surface area contributed by atoms with Crippen LogP contribution >= 0.6 is 0 Å². The fourth-order valence-electron chi connectivity index (χ4n) is 2.65. The van der Waals surface area contributed by atoms with Crippen LogP contribution in [0.1, 0.15) is 36.5 Å². The van der Waals surface area contributed by atoms with E-state index in [0.717, 1.165) is 30.9 Å². The minimum atomic E-state index is 0.669. The molecular formula is C16H23NO2. The third kappa shape index (κ3) is 4.67. The number of hydrogen-bond acceptors (Lipinski definition) is 3. The minimum absolute atomic E-state index is 0.669. The molecule has 1 fully saturated rings. The van der Waals surface area contributed by atoms with Crippen molar-refractivity contribution in [1.29, 1.82) is 0 Å². The summed E-state index contributed by atoms with van der Waals surface area (Å²) in [6.45, 7) is 6.60. The SMILES string of the molecule is C[C@@H]1CCCN(CCCOc2cccc(C=O)c2)C1. The molecule has 1 aromatic carbocycles. The largest absolute Gasteiger partial charge is 0.494 e. The molecule has 3 heteroatoms. The van der Waals surface area contributed by atoms with Gasteiger partial charge in [-0.15, -0.1) is 0 Å². The average Bonchev–Trinajstić information content (AvgIpc) is 2.44. The third-order valence-corrected chi connectivity index (χ3v) is 3.62. The summed E-state index contributed by atoms with van der Waals surface area (Å²) in [6.07, 6.45) is 4.58. The van der Waals surface area contributed by atoms with Gasteiger partial charge in [-0.25, -0.2) is 0 Å². The molecule has 1 heterocycles. The summed E-state index contributed by atoms with van der Waals surface area (Å²) >= 11 is 0. The van der Waals surface area contributed by atoms with Gasteiger partial charge < -0.3 is 9.64 Å². The zero-order valence-electron chi connectivity index (χ0n) is 11.7. The summed E-state index contributed by atoms with van der Waals surface area (Å²) in [5, 5.41) is 0. The summed E-state index contributed by atoms with van der Waals surface area (Å²) in [7, 11) is 0. The van der Waals surface area contributed by atoms with Crippen molar-refractivity contribution in [2.24, 2.45) is 5.92 Å². The Morgan fingerprint density at radius 2 is 2.37 bits per heavy atom. The summed E-state index contributed by atoms with van der Waals surface area (Å²) in [5.41, 5.74) is 0.669. The summed E-state index contributed by atoms with van der Waals surface area (Å²) in [4.78, 5) is 13.2. The number of benzene rings is 1. The molecule has 0 aromatic heterocycles. The molecule has 0 amide bonds. The van der Waals surface area contributed by atoms with Gasteiger partial charge in [0.25, 0.3) is 0 Å². The second kappa shape index (κ2) is 7.29. The fraction of sp³-hybridized carbons (Fsp3) is 0.562. The zero-order valence-corrected chi connectivity index (χ0v) is 11.7. The Labute approximate surface area is 115 Å². The molecular weight excluding hydrogens is 238 g/mol. The number of aldehydes is 1. The maximum Gasteiger partial charge on any atom is 0.150 e. The van der Waals surface area contributed by atoms with Gasteiger partial charge in [-0.1, -0.05) is 19.1 Å². The number of nitrogens with zero attached hydrogens (tertiary/aromatic N) is 1. The molecule has 3 nitrogen and oxygen atoms in total. The van der Waals surface area contributed by atoms with Crippen LogP contribution < -0.4 is 4.74 Å². The van der Waals surface area contributed by atoms with Crippen LogP contribution in [0, 0.1) is 5.92 Å². The Kier molecular flexibility index (Phi) is 5.40. The van der Waals surface area contributed by atoms with Crippen LogP contribution in [-0.4, -0.2) is 37.4 Å². The van der Waals surface area contributed by atoms with Crippen molar-refractivity contribution in [3.63, 3.8) is 0 Å². The number of carbonyl (C=O) groups is 1. The van der Waals surface area contributed by atoms with Gasteiger partial charge in [-0.2, -0.15) is 0 Å². The van der Waals surface area contributed by atoms with E-state index in [4.69, 9.17) is 4.74 Å². The van der Waals surface area contributed by atoms with Gasteiger partial charge in [-0.05, 0) is 43.9 Å². The minimum Gasteiger partial charge on any atom is -0.494 e. The van der Waals surface area contributed by atoms with Gasteiger partial charge >= 0.3 is 0 Å². The molecule has 1 saturated heterocycles. The van der Waals surface area contributed by atoms with E-state index >= 15 is 0 Å². The van der Waals surface area contributed by atoms with Crippen molar-refractivity contribution in [1.82, 2.24) is 4.90 Å². The van der Waals surface area contributed by atoms with Crippen molar-refractivity contribution in [3.8, 4) is 5.75 Å². The molecule has 0 spiro atoms. The molecule has 104 valence electrons. The number of likely N-dealkylation sites (tertiary alicyclic amines) is 1. The Morgan fingerprint density at radius 1 is 1.47 bits per heavy atom. The molecule has 1 aliphatic rings. The van der Waals surface area contributed by atoms with Gasteiger partial charge in [0, 0.05) is 18.7 Å². The Hall–Kier alpha value is -1.35. The lowest BCUT2D eigenvalue weighted by atomic mass is 10.0. The Bertz CT molecular complexity index is 405. The lowest BCUT2D eigenvalue weighted by Crippen LogP contribution is -2.35. The Morgan fingerprint density at radius 3 is 3.16 bits per heavy atom. The third-order valence-electron chi connectivity index (χ3n) is 3.62. The van der Waals surface area contributed by atoms with E-state index in [1.54, 1.807) is 12.1 Å². The lowest BCUT2D eigenvalue weighted by Gasteiger charge is -2.30. The van der Waals surface area contributed by atoms with E-state index < -0.39 is 0 Å². The number of carbonyl (C=O) groups excluding carboxylic acids is 1. The maximum absolute atomic E-state index is 10.7. The van der Waals surface area contributed by atoms with Crippen LogP contribution in [0.2, 0.25) is 0 Å². The van der Waals surface area contributed by atoms with Gasteiger partial charge in [0.05, 0.1) is 6.61 Å². The fourth-order valence-corrected chi connectivity index (χ4v) is 2.65. The van der Waals surface area contributed by atoms with Gasteiger partial charge in [0.15, 0.2) is 0 Å². The predicted octanol–water partition coefficient (Wildman–Crippen LogP) is 3.00. The lowest BCUT2D eigenvalue weighted by molar-refractivity contribution is 0.112. The number of rotatable bonds is 6. The van der Waals surface area contributed by atoms with E-state index in [9.17, 15) is 4.79 Å². The summed E-state index contributed by atoms with van der Waals surface area (Å²) in [6, 6.07) is 7.33. The van der Waals surface area contributed by atoms with E-state index in [0.29, 0.717) is 12.2 Å². The smallest absolute Gasteiger partial charge is 0.150 e. The quantitative estimate of drug-likeness (QED) is 0.582. The number of piperidine rings is 1. The maximum atomic E-state index is 10.7. The molecule has 0 bridgehead atoms. The van der Waals surface area contributed by atoms with Crippen LogP contribution in [-0.2, 0) is 0 Å². The van der Waals surface area contributed by atoms with Crippen LogP contribution in [0.25, 0.3) is 0 Å². The van der Waals surface area contributed by atoms with Crippen molar-refractivity contribution >= 4 is 6.29 Å². The summed E-state index contributed by atoms with van der Waals surface area (Å²) < 4.78 is 5.68. The highest BCUT2D eigenvalue weighted by molar-refractivity contribution is 5.75. The first-order valence-corrected chi connectivity index (χ1v) is 7.18. The van der Waals surface area contributed by atoms with Crippen LogP contribution in [0.3, 0.4) is 0 Å². The van der Waals surface area contributed by atoms with Crippen LogP contribution in [0.5, 0.6) is 5.75 Å². The highest BCUT2D eigenvalue weighted by Gasteiger charge is 2.15. The highest BCUT2D eigenvalue weighted by atomic mass is 16.5. The van der Waals surface area contributed by atoms with Crippen molar-refractivity contribution in [2.45, 2.75) is 26.2 Å². The first-order chi connectivity index (χ1) is 9.28. The highest BCUT2D eigenvalue weighted by Crippen LogP contribution is 2.16. The van der Waals surface area contributed by atoms with Gasteiger partial charge in [-0.3, -0.25) is 4.79 Å². The molecule has 2 rings (SSSR count). The first kappa shape index (κ1) is 14.1. The van der Waals surface area contributed by atoms with E-state index in [-0.39, 0.29) is 0 Å². The monoisotopic (exact) mass is 261 g/mol. The number of hydrogen-bond donors (Lipinski definition) is 0. The second-order valence-electron chi connectivity index (χ2n) is 5.44. The predicted molar refractivity (Wildman–Crippen MR) is 76.8 cm³/mol. The van der Waals surface area contributed by atoms with E-state index in [2.05, 4.69) is 11.8 Å². The Balaban J connectivity index is 1.67.